The number of hydrogen-bond donors (Lipinski definition) is 2. The quantitative estimate of drug-likeness (QED) is 0.632. The van der Waals surface area contributed by atoms with E-state index in [4.69, 9.17) is 16.3 Å². The summed E-state index contributed by atoms with van der Waals surface area (Å²) < 4.78 is 5.53. The maximum atomic E-state index is 12.5. The van der Waals surface area contributed by atoms with Crippen LogP contribution in [-0.4, -0.2) is 32.7 Å². The molecule has 0 bridgehead atoms. The Morgan fingerprint density at radius 2 is 2.24 bits per heavy atom. The molecule has 8 heteroatoms. The summed E-state index contributed by atoms with van der Waals surface area (Å²) in [7, 11) is 0. The molecule has 0 radical (unpaired) electrons. The van der Waals surface area contributed by atoms with Gasteiger partial charge in [-0.25, -0.2) is 9.97 Å². The molecule has 130 valence electrons. The number of anilines is 1. The van der Waals surface area contributed by atoms with Crippen LogP contribution in [0.5, 0.6) is 5.75 Å². The zero-order valence-electron chi connectivity index (χ0n) is 13.7. The molecule has 0 unspecified atom stereocenters. The van der Waals surface area contributed by atoms with Gasteiger partial charge in [-0.2, -0.15) is 0 Å². The molecule has 1 atom stereocenters. The van der Waals surface area contributed by atoms with E-state index >= 15 is 0 Å². The number of rotatable bonds is 6. The molecule has 25 heavy (non-hydrogen) atoms. The van der Waals surface area contributed by atoms with Crippen LogP contribution in [0.15, 0.2) is 41.7 Å². The van der Waals surface area contributed by atoms with Crippen molar-refractivity contribution in [2.75, 3.05) is 11.9 Å². The van der Waals surface area contributed by atoms with E-state index in [1.54, 1.807) is 12.3 Å². The number of carbonyl (C=O) groups is 1. The highest BCUT2D eigenvalue weighted by Gasteiger charge is 2.18. The third kappa shape index (κ3) is 4.24. The Morgan fingerprint density at radius 3 is 3.04 bits per heavy atom. The second-order valence-electron chi connectivity index (χ2n) is 5.25. The normalized spacial score (nSPS) is 12.1. The number of pyridine rings is 1. The average Bonchev–Trinajstić information content (AvgIpc) is 2.98. The number of hydrogen-bond acceptors (Lipinski definition) is 5. The summed E-state index contributed by atoms with van der Waals surface area (Å²) in [6.45, 7) is 4.25. The number of thioether (sulfide) groups is 1. The minimum absolute atomic E-state index is 0.136. The molecule has 6 nitrogen and oxygen atoms in total. The Labute approximate surface area is 154 Å². The molecule has 3 aromatic rings. The number of ether oxygens (including phenoxy) is 1. The van der Waals surface area contributed by atoms with Crippen molar-refractivity contribution >= 4 is 46.1 Å². The first-order chi connectivity index (χ1) is 12.1. The number of halogens is 1. The molecule has 0 spiro atoms. The number of nitrogens with one attached hydrogen (secondary N) is 2. The number of carbonyl (C=O) groups excluding carboxylic acids is 1. The molecular weight excluding hydrogens is 360 g/mol. The van der Waals surface area contributed by atoms with Gasteiger partial charge in [-0.1, -0.05) is 35.5 Å². The number of imidazole rings is 1. The summed E-state index contributed by atoms with van der Waals surface area (Å²) in [5.41, 5.74) is 1.96. The number of benzene rings is 1. The number of aromatic amines is 1. The van der Waals surface area contributed by atoms with Crippen LogP contribution >= 0.6 is 23.4 Å². The summed E-state index contributed by atoms with van der Waals surface area (Å²) >= 11 is 7.24. The van der Waals surface area contributed by atoms with Gasteiger partial charge in [-0.05, 0) is 32.0 Å². The van der Waals surface area contributed by atoms with Crippen LogP contribution in [0, 0.1) is 0 Å². The molecule has 3 rings (SSSR count). The van der Waals surface area contributed by atoms with Gasteiger partial charge >= 0.3 is 0 Å². The van der Waals surface area contributed by atoms with Gasteiger partial charge in [0, 0.05) is 6.20 Å². The lowest BCUT2D eigenvalue weighted by Crippen LogP contribution is -2.22. The highest BCUT2D eigenvalue weighted by atomic mass is 35.5. The first-order valence-electron chi connectivity index (χ1n) is 7.77. The third-order valence-corrected chi connectivity index (χ3v) is 4.58. The molecule has 2 aromatic heterocycles. The van der Waals surface area contributed by atoms with Crippen molar-refractivity contribution < 1.29 is 9.53 Å². The van der Waals surface area contributed by atoms with Crippen molar-refractivity contribution in [2.24, 2.45) is 0 Å². The average molecular weight is 377 g/mol. The van der Waals surface area contributed by atoms with Gasteiger partial charge in [0.05, 0.1) is 28.1 Å². The summed E-state index contributed by atoms with van der Waals surface area (Å²) in [6, 6.07) is 9.11. The van der Waals surface area contributed by atoms with Gasteiger partial charge in [0.25, 0.3) is 0 Å². The van der Waals surface area contributed by atoms with Crippen LogP contribution in [0.1, 0.15) is 13.8 Å². The van der Waals surface area contributed by atoms with Crippen LogP contribution in [0.2, 0.25) is 5.02 Å². The van der Waals surface area contributed by atoms with Crippen molar-refractivity contribution in [3.8, 4) is 5.75 Å². The Kier molecular flexibility index (Phi) is 5.45. The second kappa shape index (κ2) is 7.76. The van der Waals surface area contributed by atoms with E-state index in [1.807, 2.05) is 38.1 Å². The van der Waals surface area contributed by atoms with Crippen LogP contribution in [-0.2, 0) is 4.79 Å². The molecule has 0 aliphatic rings. The van der Waals surface area contributed by atoms with Gasteiger partial charge < -0.3 is 15.0 Å². The topological polar surface area (TPSA) is 79.9 Å². The Bertz CT molecular complexity index is 899. The number of fused-ring (bicyclic) bond motifs is 1. The fourth-order valence-electron chi connectivity index (χ4n) is 2.21. The van der Waals surface area contributed by atoms with Gasteiger partial charge in [0.15, 0.2) is 10.8 Å². The Hall–Kier alpha value is -2.25. The van der Waals surface area contributed by atoms with Crippen molar-refractivity contribution in [2.45, 2.75) is 24.3 Å². The van der Waals surface area contributed by atoms with Crippen LogP contribution in [0.4, 0.5) is 5.69 Å². The fourth-order valence-corrected chi connectivity index (χ4v) is 3.18. The van der Waals surface area contributed by atoms with Crippen LogP contribution in [0.3, 0.4) is 0 Å². The first kappa shape index (κ1) is 17.6. The smallest absolute Gasteiger partial charge is 0.237 e. The summed E-state index contributed by atoms with van der Waals surface area (Å²) in [6.07, 6.45) is 1.54. The summed E-state index contributed by atoms with van der Waals surface area (Å²) in [5, 5.41) is 3.69. The third-order valence-electron chi connectivity index (χ3n) is 3.38. The zero-order chi connectivity index (χ0) is 17.8. The standard InChI is InChI=1S/C17H17ClN4O2S/c1-3-24-14-7-5-4-6-12(14)20-16(23)10(2)25-17-21-13-8-11(18)9-19-15(13)22-17/h4-10H,3H2,1-2H3,(H,20,23)(H,19,21,22)/t10-/m0/s1. The maximum Gasteiger partial charge on any atom is 0.237 e. The molecule has 0 fully saturated rings. The highest BCUT2D eigenvalue weighted by molar-refractivity contribution is 8.00. The zero-order valence-corrected chi connectivity index (χ0v) is 15.3. The Balaban J connectivity index is 1.69. The van der Waals surface area contributed by atoms with Crippen molar-refractivity contribution in [3.63, 3.8) is 0 Å². The number of para-hydroxylation sites is 2. The highest BCUT2D eigenvalue weighted by Crippen LogP contribution is 2.27. The molecule has 0 aliphatic heterocycles. The van der Waals surface area contributed by atoms with E-state index in [9.17, 15) is 4.79 Å². The predicted octanol–water partition coefficient (Wildman–Crippen LogP) is 4.13. The van der Waals surface area contributed by atoms with E-state index in [2.05, 4.69) is 20.3 Å². The van der Waals surface area contributed by atoms with E-state index < -0.39 is 0 Å². The molecule has 1 aromatic carbocycles. The van der Waals surface area contributed by atoms with Gasteiger partial charge in [-0.15, -0.1) is 0 Å². The van der Waals surface area contributed by atoms with Crippen LogP contribution in [0.25, 0.3) is 11.2 Å². The summed E-state index contributed by atoms with van der Waals surface area (Å²) in [5.74, 6) is 0.515. The van der Waals surface area contributed by atoms with E-state index in [0.29, 0.717) is 33.9 Å². The number of amides is 1. The molecular formula is C17H17ClN4O2S. The molecule has 1 amide bonds. The SMILES string of the molecule is CCOc1ccccc1NC(=O)[C@H](C)Sc1nc2ncc(Cl)cc2[nH]1. The summed E-state index contributed by atoms with van der Waals surface area (Å²) in [4.78, 5) is 24.1. The monoisotopic (exact) mass is 376 g/mol. The number of H-pyrrole nitrogens is 1. The molecule has 0 saturated heterocycles. The number of nitrogens with zero attached hydrogens (tertiary/aromatic N) is 2. The van der Waals surface area contributed by atoms with Crippen LogP contribution < -0.4 is 10.1 Å². The van der Waals surface area contributed by atoms with Crippen molar-refractivity contribution in [1.82, 2.24) is 15.0 Å². The lowest BCUT2D eigenvalue weighted by Gasteiger charge is -2.13. The largest absolute Gasteiger partial charge is 0.492 e. The van der Waals surface area contributed by atoms with Crippen molar-refractivity contribution in [3.05, 3.63) is 41.6 Å². The number of aromatic nitrogens is 3. The Morgan fingerprint density at radius 1 is 1.44 bits per heavy atom. The maximum absolute atomic E-state index is 12.5. The molecule has 0 saturated carbocycles. The first-order valence-corrected chi connectivity index (χ1v) is 9.03. The van der Waals surface area contributed by atoms with Crippen molar-refractivity contribution in [1.29, 1.82) is 0 Å². The molecule has 2 N–H and O–H groups in total. The minimum atomic E-state index is -0.356. The predicted molar refractivity (Wildman–Crippen MR) is 100 cm³/mol. The van der Waals surface area contributed by atoms with Gasteiger partial charge in [-0.3, -0.25) is 4.79 Å². The molecule has 2 heterocycles. The van der Waals surface area contributed by atoms with E-state index in [1.165, 1.54) is 11.8 Å². The lowest BCUT2D eigenvalue weighted by atomic mass is 10.3. The second-order valence-corrected chi connectivity index (χ2v) is 7.01. The molecule has 0 aliphatic carbocycles. The van der Waals surface area contributed by atoms with Gasteiger partial charge in [0.1, 0.15) is 5.75 Å². The van der Waals surface area contributed by atoms with E-state index in [-0.39, 0.29) is 11.2 Å². The van der Waals surface area contributed by atoms with E-state index in [0.717, 1.165) is 5.52 Å². The van der Waals surface area contributed by atoms with Gasteiger partial charge in [0.2, 0.25) is 5.91 Å². The lowest BCUT2D eigenvalue weighted by molar-refractivity contribution is -0.115. The minimum Gasteiger partial charge on any atom is -0.492 e. The fraction of sp³-hybridized carbons (Fsp3) is 0.235.